The van der Waals surface area contributed by atoms with Crippen molar-refractivity contribution in [3.8, 4) is 11.5 Å². The molecule has 0 aliphatic heterocycles. The Morgan fingerprint density at radius 2 is 2.00 bits per heavy atom. The predicted molar refractivity (Wildman–Crippen MR) is 71.0 cm³/mol. The lowest BCUT2D eigenvalue weighted by atomic mass is 9.93. The van der Waals surface area contributed by atoms with E-state index in [4.69, 9.17) is 9.47 Å². The first-order valence-electron chi connectivity index (χ1n) is 6.55. The first-order chi connectivity index (χ1) is 8.65. The van der Waals surface area contributed by atoms with E-state index in [0.29, 0.717) is 11.8 Å². The fourth-order valence-corrected chi connectivity index (χ4v) is 2.86. The molecule has 0 amide bonds. The second kappa shape index (κ2) is 5.61. The maximum absolute atomic E-state index is 10.5. The topological polar surface area (TPSA) is 38.7 Å². The minimum Gasteiger partial charge on any atom is -0.497 e. The monoisotopic (exact) mass is 250 g/mol. The van der Waals surface area contributed by atoms with Crippen LogP contribution in [0.3, 0.4) is 0 Å². The molecule has 0 spiro atoms. The Labute approximate surface area is 109 Å². The SMILES string of the molecule is COc1ccc(OC)c(C(O)C2CCC(C)C2)c1. The van der Waals surface area contributed by atoms with Gasteiger partial charge >= 0.3 is 0 Å². The average molecular weight is 250 g/mol. The first-order valence-corrected chi connectivity index (χ1v) is 6.55. The minimum absolute atomic E-state index is 0.334. The van der Waals surface area contributed by atoms with Crippen LogP contribution in [0, 0.1) is 11.8 Å². The highest BCUT2D eigenvalue weighted by Crippen LogP contribution is 2.42. The lowest BCUT2D eigenvalue weighted by Crippen LogP contribution is -2.11. The highest BCUT2D eigenvalue weighted by molar-refractivity contribution is 5.42. The van der Waals surface area contributed by atoms with Gasteiger partial charge in [-0.3, -0.25) is 0 Å². The van der Waals surface area contributed by atoms with Crippen LogP contribution in [0.5, 0.6) is 11.5 Å². The molecule has 0 saturated heterocycles. The van der Waals surface area contributed by atoms with Gasteiger partial charge in [-0.15, -0.1) is 0 Å². The van der Waals surface area contributed by atoms with Crippen LogP contribution in [0.2, 0.25) is 0 Å². The summed E-state index contributed by atoms with van der Waals surface area (Å²) in [4.78, 5) is 0. The van der Waals surface area contributed by atoms with E-state index in [-0.39, 0.29) is 0 Å². The largest absolute Gasteiger partial charge is 0.497 e. The predicted octanol–water partition coefficient (Wildman–Crippen LogP) is 3.17. The van der Waals surface area contributed by atoms with Gasteiger partial charge in [0.25, 0.3) is 0 Å². The van der Waals surface area contributed by atoms with E-state index in [1.807, 2.05) is 18.2 Å². The molecule has 18 heavy (non-hydrogen) atoms. The Kier molecular flexibility index (Phi) is 4.12. The lowest BCUT2D eigenvalue weighted by molar-refractivity contribution is 0.106. The molecule has 1 aliphatic rings. The summed E-state index contributed by atoms with van der Waals surface area (Å²) in [5, 5.41) is 10.5. The summed E-state index contributed by atoms with van der Waals surface area (Å²) >= 11 is 0. The molecule has 1 aliphatic carbocycles. The van der Waals surface area contributed by atoms with Crippen molar-refractivity contribution in [2.24, 2.45) is 11.8 Å². The van der Waals surface area contributed by atoms with Gasteiger partial charge in [0, 0.05) is 5.56 Å². The van der Waals surface area contributed by atoms with Crippen molar-refractivity contribution in [1.82, 2.24) is 0 Å². The van der Waals surface area contributed by atoms with Crippen molar-refractivity contribution in [1.29, 1.82) is 0 Å². The normalized spacial score (nSPS) is 24.9. The molecular weight excluding hydrogens is 228 g/mol. The molecule has 3 heteroatoms. The number of aliphatic hydroxyl groups excluding tert-OH is 1. The summed E-state index contributed by atoms with van der Waals surface area (Å²) in [7, 11) is 3.27. The summed E-state index contributed by atoms with van der Waals surface area (Å²) in [6.45, 7) is 2.25. The molecule has 100 valence electrons. The number of hydrogen-bond acceptors (Lipinski definition) is 3. The van der Waals surface area contributed by atoms with Crippen molar-refractivity contribution < 1.29 is 14.6 Å². The van der Waals surface area contributed by atoms with Crippen molar-refractivity contribution in [2.75, 3.05) is 14.2 Å². The van der Waals surface area contributed by atoms with Crippen LogP contribution < -0.4 is 9.47 Å². The Hall–Kier alpha value is -1.22. The minimum atomic E-state index is -0.458. The fourth-order valence-electron chi connectivity index (χ4n) is 2.86. The molecule has 0 aromatic heterocycles. The molecule has 1 fully saturated rings. The Bertz CT molecular complexity index is 403. The van der Waals surface area contributed by atoms with E-state index >= 15 is 0 Å². The van der Waals surface area contributed by atoms with Crippen molar-refractivity contribution in [3.63, 3.8) is 0 Å². The molecule has 3 nitrogen and oxygen atoms in total. The van der Waals surface area contributed by atoms with E-state index in [1.54, 1.807) is 14.2 Å². The van der Waals surface area contributed by atoms with Crippen LogP contribution in [0.1, 0.15) is 37.9 Å². The number of hydrogen-bond donors (Lipinski definition) is 1. The molecule has 1 N–H and O–H groups in total. The third kappa shape index (κ3) is 2.61. The summed E-state index contributed by atoms with van der Waals surface area (Å²) in [6, 6.07) is 5.59. The van der Waals surface area contributed by atoms with Gasteiger partial charge in [0.05, 0.1) is 20.3 Å². The maximum atomic E-state index is 10.5. The molecule has 3 atom stereocenters. The Morgan fingerprint density at radius 3 is 2.56 bits per heavy atom. The van der Waals surface area contributed by atoms with Crippen LogP contribution in [0.25, 0.3) is 0 Å². The molecule has 0 bridgehead atoms. The van der Waals surface area contributed by atoms with Gasteiger partial charge in [0.2, 0.25) is 0 Å². The van der Waals surface area contributed by atoms with Crippen LogP contribution >= 0.6 is 0 Å². The van der Waals surface area contributed by atoms with Gasteiger partial charge in [-0.25, -0.2) is 0 Å². The van der Waals surface area contributed by atoms with E-state index < -0.39 is 6.10 Å². The second-order valence-corrected chi connectivity index (χ2v) is 5.23. The van der Waals surface area contributed by atoms with Gasteiger partial charge in [0.1, 0.15) is 11.5 Å². The number of rotatable bonds is 4. The molecule has 3 unspecified atom stereocenters. The summed E-state index contributed by atoms with van der Waals surface area (Å²) < 4.78 is 10.6. The molecule has 0 radical (unpaired) electrons. The van der Waals surface area contributed by atoms with Crippen molar-refractivity contribution in [2.45, 2.75) is 32.3 Å². The van der Waals surface area contributed by atoms with Crippen LogP contribution in [0.4, 0.5) is 0 Å². The van der Waals surface area contributed by atoms with Crippen molar-refractivity contribution >= 4 is 0 Å². The standard InChI is InChI=1S/C15H22O3/c1-10-4-5-11(8-10)15(16)13-9-12(17-2)6-7-14(13)18-3/h6-7,9-11,15-16H,4-5,8H2,1-3H3. The lowest BCUT2D eigenvalue weighted by Gasteiger charge is -2.21. The second-order valence-electron chi connectivity index (χ2n) is 5.23. The zero-order valence-corrected chi connectivity index (χ0v) is 11.3. The number of ether oxygens (including phenoxy) is 2. The number of benzene rings is 1. The van der Waals surface area contributed by atoms with Gasteiger partial charge in [-0.2, -0.15) is 0 Å². The van der Waals surface area contributed by atoms with E-state index in [9.17, 15) is 5.11 Å². The number of aliphatic hydroxyl groups is 1. The summed E-state index contributed by atoms with van der Waals surface area (Å²) in [5.74, 6) is 2.54. The van der Waals surface area contributed by atoms with Gasteiger partial charge in [-0.1, -0.05) is 13.3 Å². The highest BCUT2D eigenvalue weighted by Gasteiger charge is 2.30. The molecule has 2 rings (SSSR count). The third-order valence-corrected chi connectivity index (χ3v) is 3.94. The molecule has 1 saturated carbocycles. The molecule has 1 aromatic rings. The smallest absolute Gasteiger partial charge is 0.124 e. The van der Waals surface area contributed by atoms with Crippen molar-refractivity contribution in [3.05, 3.63) is 23.8 Å². The highest BCUT2D eigenvalue weighted by atomic mass is 16.5. The summed E-state index contributed by atoms with van der Waals surface area (Å²) in [5.41, 5.74) is 0.843. The van der Waals surface area contributed by atoms with Gasteiger partial charge < -0.3 is 14.6 Å². The van der Waals surface area contributed by atoms with E-state index in [1.165, 1.54) is 6.42 Å². The van der Waals surface area contributed by atoms with E-state index in [0.717, 1.165) is 29.9 Å². The molecule has 0 heterocycles. The number of methoxy groups -OCH3 is 2. The average Bonchev–Trinajstić information content (AvgIpc) is 2.83. The Morgan fingerprint density at radius 1 is 1.22 bits per heavy atom. The Balaban J connectivity index is 2.24. The van der Waals surface area contributed by atoms with Crippen LogP contribution in [0.15, 0.2) is 18.2 Å². The fraction of sp³-hybridized carbons (Fsp3) is 0.600. The molecular formula is C15H22O3. The maximum Gasteiger partial charge on any atom is 0.124 e. The van der Waals surface area contributed by atoms with Crippen LogP contribution in [-0.4, -0.2) is 19.3 Å². The quantitative estimate of drug-likeness (QED) is 0.892. The zero-order valence-electron chi connectivity index (χ0n) is 11.3. The van der Waals surface area contributed by atoms with Gasteiger partial charge in [0.15, 0.2) is 0 Å². The van der Waals surface area contributed by atoms with E-state index in [2.05, 4.69) is 6.92 Å². The summed E-state index contributed by atoms with van der Waals surface area (Å²) in [6.07, 6.45) is 2.91. The zero-order chi connectivity index (χ0) is 13.1. The molecule has 1 aromatic carbocycles. The first kappa shape index (κ1) is 13.2. The van der Waals surface area contributed by atoms with Gasteiger partial charge in [-0.05, 0) is 42.9 Å². The van der Waals surface area contributed by atoms with Crippen LogP contribution in [-0.2, 0) is 0 Å². The third-order valence-electron chi connectivity index (χ3n) is 3.94.